The first kappa shape index (κ1) is 17.5. The second kappa shape index (κ2) is 7.63. The zero-order valence-electron chi connectivity index (χ0n) is 12.6. The van der Waals surface area contributed by atoms with Crippen molar-refractivity contribution in [2.45, 2.75) is 12.6 Å². The normalized spacial score (nSPS) is 11.0. The zero-order valence-corrected chi connectivity index (χ0v) is 12.6. The highest BCUT2D eigenvalue weighted by atomic mass is 19.4. The number of benzene rings is 2. The van der Waals surface area contributed by atoms with Crippen molar-refractivity contribution < 1.29 is 22.8 Å². The Labute approximate surface area is 136 Å². The number of nitrogens with one attached hydrogen (secondary N) is 2. The lowest BCUT2D eigenvalue weighted by molar-refractivity contribution is -0.138. The molecule has 0 bridgehead atoms. The Bertz CT molecular complexity index is 715. The summed E-state index contributed by atoms with van der Waals surface area (Å²) in [4.78, 5) is 23.4. The maximum Gasteiger partial charge on any atom is 0.418 e. The highest BCUT2D eigenvalue weighted by Gasteiger charge is 2.33. The number of para-hydroxylation sites is 1. The van der Waals surface area contributed by atoms with Crippen LogP contribution in [0.1, 0.15) is 11.1 Å². The molecule has 2 rings (SSSR count). The number of alkyl halides is 3. The molecule has 4 nitrogen and oxygen atoms in total. The Morgan fingerprint density at radius 1 is 0.875 bits per heavy atom. The summed E-state index contributed by atoms with van der Waals surface area (Å²) < 4.78 is 38.5. The van der Waals surface area contributed by atoms with Crippen LogP contribution in [0.4, 0.5) is 18.9 Å². The first-order valence-electron chi connectivity index (χ1n) is 7.17. The molecule has 2 aromatic rings. The van der Waals surface area contributed by atoms with E-state index in [1.807, 2.05) is 35.6 Å². The quantitative estimate of drug-likeness (QED) is 0.843. The van der Waals surface area contributed by atoms with Gasteiger partial charge in [0.05, 0.1) is 11.3 Å². The fourth-order valence-corrected chi connectivity index (χ4v) is 2.06. The molecule has 0 radical (unpaired) electrons. The number of carbonyl (C=O) groups excluding carboxylic acids is 2. The third kappa shape index (κ3) is 4.84. The molecule has 0 heterocycles. The summed E-state index contributed by atoms with van der Waals surface area (Å²) in [7, 11) is 0. The Hall–Kier alpha value is -2.83. The van der Waals surface area contributed by atoms with E-state index in [0.29, 0.717) is 6.42 Å². The molecule has 0 fully saturated rings. The standard InChI is InChI=1S/C17H15F3N2O2/c18-17(19,20)13-8-4-5-9-14(13)22-16(24)15(23)21-11-10-12-6-2-1-3-7-12/h1-9H,10-11H2,(H,21,23)(H,22,24). The van der Waals surface area contributed by atoms with Crippen LogP contribution in [0.5, 0.6) is 0 Å². The van der Waals surface area contributed by atoms with Crippen LogP contribution < -0.4 is 10.6 Å². The van der Waals surface area contributed by atoms with E-state index in [9.17, 15) is 22.8 Å². The van der Waals surface area contributed by atoms with Gasteiger partial charge in [0, 0.05) is 6.54 Å². The minimum atomic E-state index is -4.62. The molecule has 0 saturated carbocycles. The summed E-state index contributed by atoms with van der Waals surface area (Å²) >= 11 is 0. The topological polar surface area (TPSA) is 58.2 Å². The minimum Gasteiger partial charge on any atom is -0.347 e. The van der Waals surface area contributed by atoms with Crippen molar-refractivity contribution in [3.05, 3.63) is 65.7 Å². The van der Waals surface area contributed by atoms with E-state index in [1.165, 1.54) is 12.1 Å². The monoisotopic (exact) mass is 336 g/mol. The van der Waals surface area contributed by atoms with E-state index in [-0.39, 0.29) is 6.54 Å². The lowest BCUT2D eigenvalue weighted by Crippen LogP contribution is -2.36. The molecule has 0 atom stereocenters. The van der Waals surface area contributed by atoms with Crippen LogP contribution in [0.2, 0.25) is 0 Å². The second-order valence-electron chi connectivity index (χ2n) is 4.99. The summed E-state index contributed by atoms with van der Waals surface area (Å²) in [6.45, 7) is 0.206. The Kier molecular flexibility index (Phi) is 5.57. The van der Waals surface area contributed by atoms with Crippen molar-refractivity contribution >= 4 is 17.5 Å². The van der Waals surface area contributed by atoms with Crippen molar-refractivity contribution in [3.63, 3.8) is 0 Å². The third-order valence-corrected chi connectivity index (χ3v) is 3.23. The molecule has 0 aliphatic rings. The number of anilines is 1. The smallest absolute Gasteiger partial charge is 0.347 e. The maximum absolute atomic E-state index is 12.8. The van der Waals surface area contributed by atoms with Crippen LogP contribution >= 0.6 is 0 Å². The van der Waals surface area contributed by atoms with Gasteiger partial charge in [-0.15, -0.1) is 0 Å². The first-order chi connectivity index (χ1) is 11.4. The molecule has 24 heavy (non-hydrogen) atoms. The van der Waals surface area contributed by atoms with Crippen LogP contribution in [0.3, 0.4) is 0 Å². The molecular formula is C17H15F3N2O2. The SMILES string of the molecule is O=C(NCCc1ccccc1)C(=O)Nc1ccccc1C(F)(F)F. The van der Waals surface area contributed by atoms with Crippen LogP contribution in [0, 0.1) is 0 Å². The number of halogens is 3. The number of carbonyl (C=O) groups is 2. The number of amides is 2. The van der Waals surface area contributed by atoms with Gasteiger partial charge in [0.1, 0.15) is 0 Å². The predicted octanol–water partition coefficient (Wildman–Crippen LogP) is 3.00. The van der Waals surface area contributed by atoms with Crippen molar-refractivity contribution in [1.82, 2.24) is 5.32 Å². The van der Waals surface area contributed by atoms with Crippen LogP contribution in [0.15, 0.2) is 54.6 Å². The minimum absolute atomic E-state index is 0.206. The first-order valence-corrected chi connectivity index (χ1v) is 7.17. The van der Waals surface area contributed by atoms with E-state index in [0.717, 1.165) is 17.7 Å². The molecule has 2 aromatic carbocycles. The van der Waals surface area contributed by atoms with Gasteiger partial charge < -0.3 is 10.6 Å². The molecule has 2 N–H and O–H groups in total. The molecule has 0 aliphatic carbocycles. The number of hydrogen-bond acceptors (Lipinski definition) is 2. The summed E-state index contributed by atoms with van der Waals surface area (Å²) in [5.74, 6) is -2.12. The molecule has 7 heteroatoms. The number of rotatable bonds is 4. The lowest BCUT2D eigenvalue weighted by Gasteiger charge is -2.13. The largest absolute Gasteiger partial charge is 0.418 e. The van der Waals surface area contributed by atoms with Gasteiger partial charge in [0.2, 0.25) is 0 Å². The lowest BCUT2D eigenvalue weighted by atomic mass is 10.1. The van der Waals surface area contributed by atoms with Gasteiger partial charge in [-0.1, -0.05) is 42.5 Å². The van der Waals surface area contributed by atoms with E-state index in [2.05, 4.69) is 5.32 Å². The van der Waals surface area contributed by atoms with Gasteiger partial charge in [-0.25, -0.2) is 0 Å². The van der Waals surface area contributed by atoms with Crippen LogP contribution in [-0.4, -0.2) is 18.4 Å². The molecular weight excluding hydrogens is 321 g/mol. The van der Waals surface area contributed by atoms with E-state index >= 15 is 0 Å². The molecule has 0 unspecified atom stereocenters. The summed E-state index contributed by atoms with van der Waals surface area (Å²) in [5, 5.41) is 4.37. The molecule has 0 aliphatic heterocycles. The van der Waals surface area contributed by atoms with Gasteiger partial charge in [-0.2, -0.15) is 13.2 Å². The van der Waals surface area contributed by atoms with Gasteiger partial charge in [0.15, 0.2) is 0 Å². The highest BCUT2D eigenvalue weighted by Crippen LogP contribution is 2.34. The Morgan fingerprint density at radius 2 is 1.50 bits per heavy atom. The second-order valence-corrected chi connectivity index (χ2v) is 4.99. The molecule has 0 spiro atoms. The Balaban J connectivity index is 1.92. The zero-order chi connectivity index (χ0) is 17.6. The van der Waals surface area contributed by atoms with E-state index in [4.69, 9.17) is 0 Å². The van der Waals surface area contributed by atoms with Gasteiger partial charge in [0.25, 0.3) is 0 Å². The Morgan fingerprint density at radius 3 is 2.17 bits per heavy atom. The fraction of sp³-hybridized carbons (Fsp3) is 0.176. The average molecular weight is 336 g/mol. The highest BCUT2D eigenvalue weighted by molar-refractivity contribution is 6.39. The van der Waals surface area contributed by atoms with E-state index < -0.39 is 29.2 Å². The van der Waals surface area contributed by atoms with Gasteiger partial charge >= 0.3 is 18.0 Å². The fourth-order valence-electron chi connectivity index (χ4n) is 2.06. The summed E-state index contributed by atoms with van der Waals surface area (Å²) in [6, 6.07) is 13.8. The van der Waals surface area contributed by atoms with Crippen molar-refractivity contribution in [1.29, 1.82) is 0 Å². The van der Waals surface area contributed by atoms with Gasteiger partial charge in [-0.3, -0.25) is 9.59 Å². The summed E-state index contributed by atoms with van der Waals surface area (Å²) in [5.41, 5.74) is -0.482. The van der Waals surface area contributed by atoms with E-state index in [1.54, 1.807) is 0 Å². The molecule has 0 saturated heterocycles. The average Bonchev–Trinajstić information content (AvgIpc) is 2.55. The maximum atomic E-state index is 12.8. The van der Waals surface area contributed by atoms with Crippen molar-refractivity contribution in [2.75, 3.05) is 11.9 Å². The van der Waals surface area contributed by atoms with Crippen molar-refractivity contribution in [2.24, 2.45) is 0 Å². The molecule has 0 aromatic heterocycles. The molecule has 2 amide bonds. The van der Waals surface area contributed by atoms with Crippen LogP contribution in [0.25, 0.3) is 0 Å². The summed E-state index contributed by atoms with van der Waals surface area (Å²) in [6.07, 6.45) is -4.10. The predicted molar refractivity (Wildman–Crippen MR) is 83.2 cm³/mol. The van der Waals surface area contributed by atoms with Gasteiger partial charge in [-0.05, 0) is 24.1 Å². The van der Waals surface area contributed by atoms with Crippen LogP contribution in [-0.2, 0) is 22.2 Å². The third-order valence-electron chi connectivity index (χ3n) is 3.23. The number of hydrogen-bond donors (Lipinski definition) is 2. The van der Waals surface area contributed by atoms with Crippen molar-refractivity contribution in [3.8, 4) is 0 Å². The molecule has 126 valence electrons.